The number of halogens is 4. The second-order valence-corrected chi connectivity index (χ2v) is 10.5. The summed E-state index contributed by atoms with van der Waals surface area (Å²) >= 11 is 6.73. The fourth-order valence-electron chi connectivity index (χ4n) is 3.85. The first kappa shape index (κ1) is 31.2. The maximum atomic E-state index is 13.1. The molecule has 3 aromatic rings. The summed E-state index contributed by atoms with van der Waals surface area (Å²) in [5.74, 6) is -1.13. The van der Waals surface area contributed by atoms with Crippen LogP contribution in [-0.4, -0.2) is 58.4 Å². The standard InChI is InChI=1S/C27H28ClF3N4O4S/c1-16(36)13-35(14-17(2)37)15-19-4-3-5-20(10-19)24(38)33-26-21(8-9-40-26)25(39)34-32-12-18-6-7-23(28)22(11-18)27(29,30)31/h3-12,16-17,36-37H,13-15H2,1-2H3,(H,33,38)(H,34,39)/b32-12+. The molecule has 214 valence electrons. The van der Waals surface area contributed by atoms with Gasteiger partial charge in [-0.25, -0.2) is 5.43 Å². The Balaban J connectivity index is 1.66. The number of amides is 2. The van der Waals surface area contributed by atoms with Crippen molar-refractivity contribution in [2.75, 3.05) is 18.4 Å². The third-order valence-corrected chi connectivity index (χ3v) is 6.61. The fourth-order valence-corrected chi connectivity index (χ4v) is 4.85. The zero-order valence-electron chi connectivity index (χ0n) is 21.6. The second kappa shape index (κ2) is 13.9. The molecule has 1 aromatic heterocycles. The third kappa shape index (κ3) is 9.14. The first-order valence-corrected chi connectivity index (χ1v) is 13.4. The number of nitrogens with one attached hydrogen (secondary N) is 2. The highest BCUT2D eigenvalue weighted by Gasteiger charge is 2.33. The maximum Gasteiger partial charge on any atom is 0.417 e. The molecule has 4 N–H and O–H groups in total. The Kier molecular flexibility index (Phi) is 10.8. The third-order valence-electron chi connectivity index (χ3n) is 5.45. The van der Waals surface area contributed by atoms with E-state index in [0.29, 0.717) is 25.2 Å². The van der Waals surface area contributed by atoms with E-state index >= 15 is 0 Å². The molecule has 40 heavy (non-hydrogen) atoms. The highest BCUT2D eigenvalue weighted by atomic mass is 35.5. The highest BCUT2D eigenvalue weighted by Crippen LogP contribution is 2.34. The number of aliphatic hydroxyl groups is 2. The Labute approximate surface area is 238 Å². The molecule has 13 heteroatoms. The van der Waals surface area contributed by atoms with Crippen LogP contribution in [0.4, 0.5) is 18.2 Å². The van der Waals surface area contributed by atoms with Crippen LogP contribution in [0.25, 0.3) is 0 Å². The SMILES string of the molecule is CC(O)CN(Cc1cccc(C(=O)Nc2sccc2C(=O)N/N=C/c2ccc(Cl)c(C(F)(F)F)c2)c1)CC(C)O. The average molecular weight is 597 g/mol. The van der Waals surface area contributed by atoms with E-state index in [1.165, 1.54) is 12.1 Å². The quantitative estimate of drug-likeness (QED) is 0.184. The summed E-state index contributed by atoms with van der Waals surface area (Å²) in [6, 6.07) is 11.6. The van der Waals surface area contributed by atoms with E-state index in [0.717, 1.165) is 35.2 Å². The molecule has 0 fully saturated rings. The van der Waals surface area contributed by atoms with Gasteiger partial charge >= 0.3 is 6.18 Å². The van der Waals surface area contributed by atoms with Crippen LogP contribution in [0.5, 0.6) is 0 Å². The van der Waals surface area contributed by atoms with Gasteiger partial charge in [-0.1, -0.05) is 29.8 Å². The summed E-state index contributed by atoms with van der Waals surface area (Å²) in [6.07, 6.45) is -4.77. The minimum atomic E-state index is -4.64. The van der Waals surface area contributed by atoms with Gasteiger partial charge in [0.25, 0.3) is 11.8 Å². The average Bonchev–Trinajstić information content (AvgIpc) is 3.32. The van der Waals surface area contributed by atoms with E-state index in [1.54, 1.807) is 37.4 Å². The molecule has 0 spiro atoms. The maximum absolute atomic E-state index is 13.1. The number of aliphatic hydroxyl groups excluding tert-OH is 2. The minimum absolute atomic E-state index is 0.0798. The Hall–Kier alpha value is -3.29. The van der Waals surface area contributed by atoms with Crippen LogP contribution < -0.4 is 10.7 Å². The van der Waals surface area contributed by atoms with Gasteiger partial charge < -0.3 is 15.5 Å². The number of hydrogen-bond acceptors (Lipinski definition) is 7. The number of alkyl halides is 3. The topological polar surface area (TPSA) is 114 Å². The molecule has 2 amide bonds. The van der Waals surface area contributed by atoms with Gasteiger partial charge in [-0.05, 0) is 60.7 Å². The van der Waals surface area contributed by atoms with Crippen molar-refractivity contribution in [1.82, 2.24) is 10.3 Å². The largest absolute Gasteiger partial charge is 0.417 e. The van der Waals surface area contributed by atoms with Crippen LogP contribution >= 0.6 is 22.9 Å². The molecule has 0 radical (unpaired) electrons. The van der Waals surface area contributed by atoms with Gasteiger partial charge in [-0.2, -0.15) is 18.3 Å². The monoisotopic (exact) mass is 596 g/mol. The zero-order chi connectivity index (χ0) is 29.4. The highest BCUT2D eigenvalue weighted by molar-refractivity contribution is 7.14. The molecule has 2 aromatic carbocycles. The lowest BCUT2D eigenvalue weighted by molar-refractivity contribution is -0.137. The van der Waals surface area contributed by atoms with Crippen LogP contribution in [0.15, 0.2) is 59.0 Å². The van der Waals surface area contributed by atoms with E-state index in [2.05, 4.69) is 15.8 Å². The van der Waals surface area contributed by atoms with Gasteiger partial charge in [0.05, 0.1) is 34.6 Å². The first-order valence-electron chi connectivity index (χ1n) is 12.1. The zero-order valence-corrected chi connectivity index (χ0v) is 23.1. The summed E-state index contributed by atoms with van der Waals surface area (Å²) in [4.78, 5) is 27.5. The van der Waals surface area contributed by atoms with E-state index in [9.17, 15) is 33.0 Å². The summed E-state index contributed by atoms with van der Waals surface area (Å²) in [6.45, 7) is 4.40. The number of carbonyl (C=O) groups excluding carboxylic acids is 2. The Morgan fingerprint density at radius 1 is 1.07 bits per heavy atom. The fraction of sp³-hybridized carbons (Fsp3) is 0.296. The van der Waals surface area contributed by atoms with E-state index < -0.39 is 40.8 Å². The normalized spacial score (nSPS) is 13.4. The molecule has 3 rings (SSSR count). The number of nitrogens with zero attached hydrogens (tertiary/aromatic N) is 2. The molecule has 8 nitrogen and oxygen atoms in total. The van der Waals surface area contributed by atoms with Crippen molar-refractivity contribution in [2.24, 2.45) is 5.10 Å². The smallest absolute Gasteiger partial charge is 0.392 e. The molecule has 0 aliphatic rings. The number of benzene rings is 2. The number of hydrogen-bond donors (Lipinski definition) is 4. The molecular weight excluding hydrogens is 569 g/mol. The summed E-state index contributed by atoms with van der Waals surface area (Å²) < 4.78 is 39.2. The Bertz CT molecular complexity index is 1350. The van der Waals surface area contributed by atoms with Crippen molar-refractivity contribution in [3.8, 4) is 0 Å². The first-order chi connectivity index (χ1) is 18.8. The van der Waals surface area contributed by atoms with E-state index in [4.69, 9.17) is 11.6 Å². The molecule has 0 aliphatic heterocycles. The van der Waals surface area contributed by atoms with Crippen LogP contribution in [-0.2, 0) is 12.7 Å². The van der Waals surface area contributed by atoms with Crippen molar-refractivity contribution in [1.29, 1.82) is 0 Å². The van der Waals surface area contributed by atoms with Crippen LogP contribution in [0.2, 0.25) is 5.02 Å². The molecule has 2 unspecified atom stereocenters. The Morgan fingerprint density at radius 3 is 2.42 bits per heavy atom. The van der Waals surface area contributed by atoms with Crippen molar-refractivity contribution < 1.29 is 33.0 Å². The van der Waals surface area contributed by atoms with Gasteiger partial charge in [0.1, 0.15) is 5.00 Å². The van der Waals surface area contributed by atoms with Gasteiger partial charge in [-0.3, -0.25) is 14.5 Å². The minimum Gasteiger partial charge on any atom is -0.392 e. The summed E-state index contributed by atoms with van der Waals surface area (Å²) in [7, 11) is 0. The van der Waals surface area contributed by atoms with Crippen molar-refractivity contribution >= 4 is 46.0 Å². The van der Waals surface area contributed by atoms with Crippen LogP contribution in [0.1, 0.15) is 51.3 Å². The van der Waals surface area contributed by atoms with E-state index in [-0.39, 0.29) is 16.1 Å². The number of anilines is 1. The predicted molar refractivity (Wildman–Crippen MR) is 149 cm³/mol. The molecule has 0 saturated heterocycles. The van der Waals surface area contributed by atoms with Gasteiger partial charge in [-0.15, -0.1) is 11.3 Å². The second-order valence-electron chi connectivity index (χ2n) is 9.15. The lowest BCUT2D eigenvalue weighted by Gasteiger charge is -2.25. The molecule has 1 heterocycles. The summed E-state index contributed by atoms with van der Waals surface area (Å²) in [5, 5.41) is 27.4. The van der Waals surface area contributed by atoms with Crippen LogP contribution in [0, 0.1) is 0 Å². The molecular formula is C27H28ClF3N4O4S. The van der Waals surface area contributed by atoms with Gasteiger partial charge in [0.2, 0.25) is 0 Å². The van der Waals surface area contributed by atoms with Crippen LogP contribution in [0.3, 0.4) is 0 Å². The predicted octanol–water partition coefficient (Wildman–Crippen LogP) is 5.00. The lowest BCUT2D eigenvalue weighted by atomic mass is 10.1. The number of carbonyl (C=O) groups is 2. The number of rotatable bonds is 11. The lowest BCUT2D eigenvalue weighted by Crippen LogP contribution is -2.35. The van der Waals surface area contributed by atoms with Gasteiger partial charge in [0, 0.05) is 25.2 Å². The summed E-state index contributed by atoms with van der Waals surface area (Å²) in [5.41, 5.74) is 2.57. The molecule has 2 atom stereocenters. The van der Waals surface area contributed by atoms with Crippen molar-refractivity contribution in [2.45, 2.75) is 38.8 Å². The number of hydrazone groups is 1. The molecule has 0 aliphatic carbocycles. The number of thiophene rings is 1. The molecule has 0 saturated carbocycles. The van der Waals surface area contributed by atoms with Crippen molar-refractivity contribution in [3.63, 3.8) is 0 Å². The molecule has 0 bridgehead atoms. The van der Waals surface area contributed by atoms with Crippen molar-refractivity contribution in [3.05, 3.63) is 86.8 Å². The van der Waals surface area contributed by atoms with E-state index in [1.807, 2.05) is 11.0 Å². The van der Waals surface area contributed by atoms with Gasteiger partial charge in [0.15, 0.2) is 0 Å². The Morgan fingerprint density at radius 2 is 1.77 bits per heavy atom.